The first-order valence-corrected chi connectivity index (χ1v) is 10.0. The van der Waals surface area contributed by atoms with Crippen LogP contribution < -0.4 is 10.9 Å². The first kappa shape index (κ1) is 16.5. The molecule has 0 atom stereocenters. The minimum absolute atomic E-state index is 0.0474. The maximum Gasteiger partial charge on any atom is 0.263 e. The predicted molar refractivity (Wildman–Crippen MR) is 95.4 cm³/mol. The lowest BCUT2D eigenvalue weighted by Crippen LogP contribution is -2.38. The van der Waals surface area contributed by atoms with Gasteiger partial charge in [0.2, 0.25) is 5.91 Å². The minimum atomic E-state index is -0.114. The second-order valence-corrected chi connectivity index (χ2v) is 7.71. The van der Waals surface area contributed by atoms with E-state index >= 15 is 0 Å². The Morgan fingerprint density at radius 1 is 1.48 bits per heavy atom. The molecule has 23 heavy (non-hydrogen) atoms. The zero-order valence-corrected chi connectivity index (χ0v) is 15.1. The molecule has 0 aliphatic heterocycles. The predicted octanol–water partition coefficient (Wildman–Crippen LogP) is 2.80. The number of aromatic nitrogens is 2. The Morgan fingerprint density at radius 2 is 2.22 bits per heavy atom. The van der Waals surface area contributed by atoms with Crippen molar-refractivity contribution in [2.24, 2.45) is 0 Å². The van der Waals surface area contributed by atoms with Gasteiger partial charge in [0, 0.05) is 10.9 Å². The van der Waals surface area contributed by atoms with Crippen molar-refractivity contribution in [3.63, 3.8) is 0 Å². The average molecular weight is 351 g/mol. The quantitative estimate of drug-likeness (QED) is 0.664. The summed E-state index contributed by atoms with van der Waals surface area (Å²) in [5.41, 5.74) is -0.114. The monoisotopic (exact) mass is 351 g/mol. The van der Waals surface area contributed by atoms with E-state index in [0.29, 0.717) is 10.5 Å². The fourth-order valence-electron chi connectivity index (χ4n) is 3.00. The van der Waals surface area contributed by atoms with Crippen molar-refractivity contribution >= 4 is 39.2 Å². The van der Waals surface area contributed by atoms with E-state index in [2.05, 4.69) is 17.2 Å². The number of fused-ring (bicyclic) bond motifs is 1. The molecule has 2 aromatic rings. The molecule has 2 heterocycles. The van der Waals surface area contributed by atoms with Gasteiger partial charge in [-0.25, -0.2) is 4.98 Å². The van der Waals surface area contributed by atoms with Gasteiger partial charge < -0.3 is 5.32 Å². The Labute approximate surface area is 143 Å². The van der Waals surface area contributed by atoms with E-state index < -0.39 is 0 Å². The molecular formula is C16H21N3O2S2. The molecular weight excluding hydrogens is 330 g/mol. The largest absolute Gasteiger partial charge is 0.352 e. The van der Waals surface area contributed by atoms with E-state index in [1.54, 1.807) is 11.3 Å². The average Bonchev–Trinajstić information content (AvgIpc) is 3.18. The number of carbonyl (C=O) groups excluding carboxylic acids is 1. The lowest BCUT2D eigenvalue weighted by atomic mass is 10.2. The molecule has 3 rings (SSSR count). The van der Waals surface area contributed by atoms with E-state index in [9.17, 15) is 9.59 Å². The van der Waals surface area contributed by atoms with Crippen LogP contribution in [-0.4, -0.2) is 27.8 Å². The van der Waals surface area contributed by atoms with Gasteiger partial charge in [-0.05, 0) is 31.6 Å². The molecule has 1 fully saturated rings. The van der Waals surface area contributed by atoms with E-state index in [1.807, 2.05) is 12.3 Å². The molecule has 0 unspecified atom stereocenters. The van der Waals surface area contributed by atoms with Gasteiger partial charge in [-0.15, -0.1) is 11.3 Å². The standard InChI is InChI=1S/C16H21N3O2S2/c1-3-11-8-12-14(23-11)18-16(22-2)19(15(12)21)9-13(20)17-10-6-4-5-7-10/h8,10H,3-7,9H2,1-2H3,(H,17,20). The molecule has 1 saturated carbocycles. The van der Waals surface area contributed by atoms with Crippen molar-refractivity contribution in [2.75, 3.05) is 6.26 Å². The van der Waals surface area contributed by atoms with Crippen molar-refractivity contribution in [1.29, 1.82) is 0 Å². The van der Waals surface area contributed by atoms with Crippen LogP contribution in [0.4, 0.5) is 0 Å². The molecule has 1 aliphatic rings. The molecule has 5 nitrogen and oxygen atoms in total. The second-order valence-electron chi connectivity index (χ2n) is 5.82. The molecule has 2 aromatic heterocycles. The molecule has 0 radical (unpaired) electrons. The van der Waals surface area contributed by atoms with Crippen LogP contribution in [0.2, 0.25) is 0 Å². The maximum absolute atomic E-state index is 12.7. The number of nitrogens with one attached hydrogen (secondary N) is 1. The van der Waals surface area contributed by atoms with E-state index in [0.717, 1.165) is 29.0 Å². The number of amides is 1. The number of hydrogen-bond donors (Lipinski definition) is 1. The smallest absolute Gasteiger partial charge is 0.263 e. The third-order valence-electron chi connectivity index (χ3n) is 4.22. The van der Waals surface area contributed by atoms with Crippen molar-refractivity contribution < 1.29 is 4.79 Å². The summed E-state index contributed by atoms with van der Waals surface area (Å²) in [6, 6.07) is 2.17. The second kappa shape index (κ2) is 7.05. The number of rotatable bonds is 5. The van der Waals surface area contributed by atoms with Gasteiger partial charge in [0.1, 0.15) is 11.4 Å². The highest BCUT2D eigenvalue weighted by Gasteiger charge is 2.19. The Hall–Kier alpha value is -1.34. The summed E-state index contributed by atoms with van der Waals surface area (Å²) < 4.78 is 1.50. The molecule has 0 bridgehead atoms. The first-order valence-electron chi connectivity index (χ1n) is 7.99. The molecule has 0 saturated heterocycles. The van der Waals surface area contributed by atoms with Crippen molar-refractivity contribution in [1.82, 2.24) is 14.9 Å². The number of carbonyl (C=O) groups is 1. The summed E-state index contributed by atoms with van der Waals surface area (Å²) in [7, 11) is 0. The lowest BCUT2D eigenvalue weighted by molar-refractivity contribution is -0.122. The topological polar surface area (TPSA) is 64.0 Å². The molecule has 1 N–H and O–H groups in total. The van der Waals surface area contributed by atoms with Crippen LogP contribution in [0.5, 0.6) is 0 Å². The van der Waals surface area contributed by atoms with Crippen LogP contribution in [0.3, 0.4) is 0 Å². The van der Waals surface area contributed by atoms with Crippen LogP contribution in [0.1, 0.15) is 37.5 Å². The van der Waals surface area contributed by atoms with Gasteiger partial charge >= 0.3 is 0 Å². The molecule has 0 spiro atoms. The first-order chi connectivity index (χ1) is 11.1. The Balaban J connectivity index is 1.90. The summed E-state index contributed by atoms with van der Waals surface area (Å²) >= 11 is 2.96. The summed E-state index contributed by atoms with van der Waals surface area (Å²) in [5, 5.41) is 4.27. The number of thiophene rings is 1. The minimum Gasteiger partial charge on any atom is -0.352 e. The molecule has 1 amide bonds. The van der Waals surface area contributed by atoms with Crippen LogP contribution in [0.15, 0.2) is 16.0 Å². The van der Waals surface area contributed by atoms with Crippen molar-refractivity contribution in [3.05, 3.63) is 21.3 Å². The highest BCUT2D eigenvalue weighted by molar-refractivity contribution is 7.98. The summed E-state index contributed by atoms with van der Waals surface area (Å²) in [6.07, 6.45) is 7.19. The Bertz CT molecular complexity index is 775. The van der Waals surface area contributed by atoms with Gasteiger partial charge in [-0.3, -0.25) is 14.2 Å². The summed E-state index contributed by atoms with van der Waals surface area (Å²) in [5.74, 6) is -0.0959. The van der Waals surface area contributed by atoms with E-state index in [-0.39, 0.29) is 24.1 Å². The number of hydrogen-bond acceptors (Lipinski definition) is 5. The van der Waals surface area contributed by atoms with Crippen LogP contribution in [-0.2, 0) is 17.8 Å². The SMILES string of the molecule is CCc1cc2c(=O)n(CC(=O)NC3CCCC3)c(SC)nc2s1. The number of nitrogens with zero attached hydrogens (tertiary/aromatic N) is 2. The summed E-state index contributed by atoms with van der Waals surface area (Å²) in [4.78, 5) is 31.5. The highest BCUT2D eigenvalue weighted by atomic mass is 32.2. The zero-order chi connectivity index (χ0) is 16.4. The van der Waals surface area contributed by atoms with Gasteiger partial charge in [-0.2, -0.15) is 0 Å². The van der Waals surface area contributed by atoms with Crippen LogP contribution >= 0.6 is 23.1 Å². The highest BCUT2D eigenvalue weighted by Crippen LogP contribution is 2.24. The van der Waals surface area contributed by atoms with Gasteiger partial charge in [0.05, 0.1) is 5.39 Å². The van der Waals surface area contributed by atoms with Crippen LogP contribution in [0.25, 0.3) is 10.2 Å². The Kier molecular flexibility index (Phi) is 5.06. The fraction of sp³-hybridized carbons (Fsp3) is 0.562. The zero-order valence-electron chi connectivity index (χ0n) is 13.4. The van der Waals surface area contributed by atoms with Gasteiger partial charge in [-0.1, -0.05) is 31.5 Å². The van der Waals surface area contributed by atoms with Gasteiger partial charge in [0.25, 0.3) is 5.56 Å². The normalized spacial score (nSPS) is 15.4. The third-order valence-corrected chi connectivity index (χ3v) is 6.07. The third kappa shape index (κ3) is 3.45. The molecule has 1 aliphatic carbocycles. The van der Waals surface area contributed by atoms with Gasteiger partial charge in [0.15, 0.2) is 5.16 Å². The summed E-state index contributed by atoms with van der Waals surface area (Å²) in [6.45, 7) is 2.11. The van der Waals surface area contributed by atoms with Crippen LogP contribution in [0, 0.1) is 0 Å². The van der Waals surface area contributed by atoms with Crippen molar-refractivity contribution in [2.45, 2.75) is 56.8 Å². The molecule has 7 heteroatoms. The molecule has 124 valence electrons. The fourth-order valence-corrected chi connectivity index (χ4v) is 4.57. The lowest BCUT2D eigenvalue weighted by Gasteiger charge is -2.14. The van der Waals surface area contributed by atoms with E-state index in [1.165, 1.54) is 29.2 Å². The number of aryl methyl sites for hydroxylation is 1. The number of thioether (sulfide) groups is 1. The van der Waals surface area contributed by atoms with Crippen molar-refractivity contribution in [3.8, 4) is 0 Å². The Morgan fingerprint density at radius 3 is 2.87 bits per heavy atom. The maximum atomic E-state index is 12.7. The van der Waals surface area contributed by atoms with E-state index in [4.69, 9.17) is 0 Å². The molecule has 0 aromatic carbocycles.